The second kappa shape index (κ2) is 13.0. The maximum absolute atomic E-state index is 6.48. The van der Waals surface area contributed by atoms with Gasteiger partial charge in [-0.1, -0.05) is 158 Å². The highest BCUT2D eigenvalue weighted by molar-refractivity contribution is 6.16. The molecule has 0 N–H and O–H groups in total. The quantitative estimate of drug-likeness (QED) is 0.172. The lowest BCUT2D eigenvalue weighted by atomic mass is 9.97. The van der Waals surface area contributed by atoms with E-state index in [0.717, 1.165) is 82.7 Å². The Balaban J connectivity index is 1.10. The number of aromatic nitrogens is 4. The van der Waals surface area contributed by atoms with Crippen LogP contribution in [0.2, 0.25) is 0 Å². The molecule has 0 fully saturated rings. The van der Waals surface area contributed by atoms with Gasteiger partial charge in [-0.3, -0.25) is 4.57 Å². The van der Waals surface area contributed by atoms with Crippen LogP contribution in [0.15, 0.2) is 199 Å². The average molecular weight is 717 g/mol. The monoisotopic (exact) mass is 716 g/mol. The molecule has 0 aliphatic carbocycles. The van der Waals surface area contributed by atoms with E-state index in [1.807, 2.05) is 42.5 Å². The molecule has 8 aromatic carbocycles. The molecule has 11 aromatic rings. The maximum Gasteiger partial charge on any atom is 0.238 e. The zero-order valence-electron chi connectivity index (χ0n) is 30.2. The van der Waals surface area contributed by atoms with Gasteiger partial charge in [0.15, 0.2) is 11.6 Å². The molecule has 0 aliphatic rings. The summed E-state index contributed by atoms with van der Waals surface area (Å²) in [7, 11) is 0. The largest absolute Gasteiger partial charge is 0.456 e. The van der Waals surface area contributed by atoms with Crippen LogP contribution in [0.5, 0.6) is 0 Å². The summed E-state index contributed by atoms with van der Waals surface area (Å²) in [6.07, 6.45) is 0. The van der Waals surface area contributed by atoms with Gasteiger partial charge in [-0.15, -0.1) is 0 Å². The van der Waals surface area contributed by atoms with Crippen molar-refractivity contribution in [1.29, 1.82) is 0 Å². The molecule has 5 heteroatoms. The van der Waals surface area contributed by atoms with Gasteiger partial charge in [0, 0.05) is 32.7 Å². The number of nitrogens with zero attached hydrogens (tertiary/aromatic N) is 4. The van der Waals surface area contributed by atoms with E-state index in [2.05, 4.69) is 156 Å². The van der Waals surface area contributed by atoms with Crippen LogP contribution in [0.4, 0.5) is 0 Å². The first-order valence-electron chi connectivity index (χ1n) is 18.8. The SMILES string of the molecule is c1ccc(-c2ccc3c(c2)oc2cccc(-c4cccc(-c5nc(-c6ccccc6)nc(-n6c7ccccc7c7c(-c8ccccc8)cccc76)n5)c4)c23)cc1. The van der Waals surface area contributed by atoms with Crippen LogP contribution in [0.1, 0.15) is 0 Å². The van der Waals surface area contributed by atoms with Crippen LogP contribution in [-0.4, -0.2) is 19.5 Å². The number of furan rings is 1. The molecule has 0 atom stereocenters. The van der Waals surface area contributed by atoms with Crippen molar-refractivity contribution in [2.45, 2.75) is 0 Å². The minimum atomic E-state index is 0.563. The summed E-state index contributed by atoms with van der Waals surface area (Å²) in [6, 6.07) is 67.3. The first-order valence-corrected chi connectivity index (χ1v) is 18.8. The lowest BCUT2D eigenvalue weighted by molar-refractivity contribution is 0.669. The van der Waals surface area contributed by atoms with Gasteiger partial charge in [0.25, 0.3) is 0 Å². The van der Waals surface area contributed by atoms with Crippen molar-refractivity contribution < 1.29 is 4.42 Å². The molecule has 0 bridgehead atoms. The van der Waals surface area contributed by atoms with Crippen molar-refractivity contribution in [1.82, 2.24) is 19.5 Å². The van der Waals surface area contributed by atoms with Gasteiger partial charge in [0.1, 0.15) is 11.2 Å². The summed E-state index contributed by atoms with van der Waals surface area (Å²) in [4.78, 5) is 15.6. The fourth-order valence-corrected chi connectivity index (χ4v) is 8.11. The Morgan fingerprint density at radius 2 is 0.929 bits per heavy atom. The summed E-state index contributed by atoms with van der Waals surface area (Å²) in [6.45, 7) is 0. The van der Waals surface area contributed by atoms with Gasteiger partial charge >= 0.3 is 0 Å². The van der Waals surface area contributed by atoms with Gasteiger partial charge in [-0.25, -0.2) is 4.98 Å². The summed E-state index contributed by atoms with van der Waals surface area (Å²) >= 11 is 0. The number of para-hydroxylation sites is 1. The van der Waals surface area contributed by atoms with E-state index in [0.29, 0.717) is 17.6 Å². The topological polar surface area (TPSA) is 56.7 Å². The third-order valence-corrected chi connectivity index (χ3v) is 10.7. The van der Waals surface area contributed by atoms with E-state index in [1.54, 1.807) is 0 Å². The Morgan fingerprint density at radius 1 is 0.339 bits per heavy atom. The molecule has 0 unspecified atom stereocenters. The van der Waals surface area contributed by atoms with Crippen molar-refractivity contribution in [2.24, 2.45) is 0 Å². The normalized spacial score (nSPS) is 11.6. The lowest BCUT2D eigenvalue weighted by Gasteiger charge is -2.12. The summed E-state index contributed by atoms with van der Waals surface area (Å²) < 4.78 is 8.67. The molecular weight excluding hydrogens is 685 g/mol. The summed E-state index contributed by atoms with van der Waals surface area (Å²) in [5.41, 5.74) is 12.3. The van der Waals surface area contributed by atoms with Crippen molar-refractivity contribution in [2.75, 3.05) is 0 Å². The molecular formula is C51H32N4O. The smallest absolute Gasteiger partial charge is 0.238 e. The summed E-state index contributed by atoms with van der Waals surface area (Å²) in [5, 5.41) is 4.47. The molecule has 56 heavy (non-hydrogen) atoms. The van der Waals surface area contributed by atoms with Crippen LogP contribution < -0.4 is 0 Å². The van der Waals surface area contributed by atoms with Gasteiger partial charge in [-0.05, 0) is 69.8 Å². The predicted molar refractivity (Wildman–Crippen MR) is 229 cm³/mol. The van der Waals surface area contributed by atoms with E-state index in [9.17, 15) is 0 Å². The number of hydrogen-bond donors (Lipinski definition) is 0. The number of rotatable bonds is 6. The van der Waals surface area contributed by atoms with Crippen molar-refractivity contribution in [3.05, 3.63) is 194 Å². The Labute approximate surface area is 322 Å². The minimum absolute atomic E-state index is 0.563. The average Bonchev–Trinajstić information content (AvgIpc) is 3.83. The highest BCUT2D eigenvalue weighted by Crippen LogP contribution is 2.41. The maximum atomic E-state index is 6.48. The zero-order valence-corrected chi connectivity index (χ0v) is 30.2. The first-order chi connectivity index (χ1) is 27.8. The molecule has 0 saturated carbocycles. The highest BCUT2D eigenvalue weighted by atomic mass is 16.3. The third kappa shape index (κ3) is 5.29. The molecule has 3 aromatic heterocycles. The second-order valence-electron chi connectivity index (χ2n) is 14.0. The van der Waals surface area contributed by atoms with Gasteiger partial charge in [0.05, 0.1) is 11.0 Å². The van der Waals surface area contributed by atoms with Crippen LogP contribution in [0, 0.1) is 0 Å². The first kappa shape index (κ1) is 31.9. The van der Waals surface area contributed by atoms with Gasteiger partial charge in [0.2, 0.25) is 5.95 Å². The molecule has 5 nitrogen and oxygen atoms in total. The Morgan fingerprint density at radius 3 is 1.71 bits per heavy atom. The third-order valence-electron chi connectivity index (χ3n) is 10.7. The number of fused-ring (bicyclic) bond motifs is 6. The lowest BCUT2D eigenvalue weighted by Crippen LogP contribution is -2.06. The molecule has 11 rings (SSSR count). The predicted octanol–water partition coefficient (Wildman–Crippen LogP) is 13.2. The molecule has 0 aliphatic heterocycles. The molecule has 0 radical (unpaired) electrons. The molecule has 0 amide bonds. The van der Waals surface area contributed by atoms with Crippen molar-refractivity contribution in [3.8, 4) is 62.1 Å². The summed E-state index contributed by atoms with van der Waals surface area (Å²) in [5.74, 6) is 1.77. The fraction of sp³-hybridized carbons (Fsp3) is 0. The minimum Gasteiger partial charge on any atom is -0.456 e. The number of benzene rings is 8. The molecule has 0 spiro atoms. The zero-order chi connectivity index (χ0) is 37.0. The van der Waals surface area contributed by atoms with E-state index in [4.69, 9.17) is 19.4 Å². The molecule has 262 valence electrons. The Bertz CT molecular complexity index is 3240. The van der Waals surface area contributed by atoms with Gasteiger partial charge < -0.3 is 4.42 Å². The van der Waals surface area contributed by atoms with E-state index >= 15 is 0 Å². The van der Waals surface area contributed by atoms with E-state index in [1.165, 1.54) is 5.56 Å². The standard InChI is InChI=1S/C51H32N4O/c1-4-15-33(16-5-1)36-29-30-42-46(32-36)56-45-28-14-25-40(48(42)45)37-21-12-22-38(31-37)50-52-49(35-19-8-3-9-20-35)53-51(54-50)55-43-26-11-10-23-41(43)47-39(24-13-27-44(47)55)34-17-6-2-7-18-34/h1-32H. The van der Waals surface area contributed by atoms with Gasteiger partial charge in [-0.2, -0.15) is 9.97 Å². The van der Waals surface area contributed by atoms with Crippen LogP contribution >= 0.6 is 0 Å². The van der Waals surface area contributed by atoms with Crippen LogP contribution in [-0.2, 0) is 0 Å². The second-order valence-corrected chi connectivity index (χ2v) is 14.0. The van der Waals surface area contributed by atoms with Crippen molar-refractivity contribution in [3.63, 3.8) is 0 Å². The fourth-order valence-electron chi connectivity index (χ4n) is 8.11. The van der Waals surface area contributed by atoms with E-state index < -0.39 is 0 Å². The molecule has 0 saturated heterocycles. The van der Waals surface area contributed by atoms with Crippen LogP contribution in [0.25, 0.3) is 106 Å². The molecule has 3 heterocycles. The van der Waals surface area contributed by atoms with E-state index in [-0.39, 0.29) is 0 Å². The van der Waals surface area contributed by atoms with Crippen molar-refractivity contribution >= 4 is 43.7 Å². The Kier molecular flexibility index (Phi) is 7.42. The highest BCUT2D eigenvalue weighted by Gasteiger charge is 2.20. The number of hydrogen-bond acceptors (Lipinski definition) is 4. The Hall–Kier alpha value is -7.63. The van der Waals surface area contributed by atoms with Crippen LogP contribution in [0.3, 0.4) is 0 Å².